The molecule has 1 aromatic rings. The maximum absolute atomic E-state index is 13.2. The quantitative estimate of drug-likeness (QED) is 0.724. The SMILES string of the molecule is NC(=O)CC(N)C(=O)Nc1c(F)cc(F)cc1F. The second-order valence-corrected chi connectivity index (χ2v) is 3.51. The first-order valence-electron chi connectivity index (χ1n) is 4.80. The summed E-state index contributed by atoms with van der Waals surface area (Å²) in [5.74, 6) is -5.53. The molecule has 0 saturated heterocycles. The molecule has 0 spiro atoms. The van der Waals surface area contributed by atoms with Gasteiger partial charge in [-0.15, -0.1) is 0 Å². The lowest BCUT2D eigenvalue weighted by atomic mass is 10.2. The van der Waals surface area contributed by atoms with Crippen LogP contribution in [0.15, 0.2) is 12.1 Å². The molecule has 5 nitrogen and oxygen atoms in total. The number of primary amides is 1. The van der Waals surface area contributed by atoms with Gasteiger partial charge in [0.2, 0.25) is 11.8 Å². The van der Waals surface area contributed by atoms with Gasteiger partial charge >= 0.3 is 0 Å². The van der Waals surface area contributed by atoms with Gasteiger partial charge in [-0.1, -0.05) is 0 Å². The molecule has 1 aromatic carbocycles. The number of carbonyl (C=O) groups excluding carboxylic acids is 2. The van der Waals surface area contributed by atoms with Crippen LogP contribution in [0.3, 0.4) is 0 Å². The van der Waals surface area contributed by atoms with Crippen LogP contribution in [0.1, 0.15) is 6.42 Å². The summed E-state index contributed by atoms with van der Waals surface area (Å²) < 4.78 is 38.9. The molecule has 0 heterocycles. The molecule has 1 unspecified atom stereocenters. The average Bonchev–Trinajstić information content (AvgIpc) is 2.21. The summed E-state index contributed by atoms with van der Waals surface area (Å²) in [6.45, 7) is 0. The molecular weight excluding hydrogens is 251 g/mol. The molecule has 0 aliphatic carbocycles. The van der Waals surface area contributed by atoms with E-state index in [4.69, 9.17) is 11.5 Å². The van der Waals surface area contributed by atoms with E-state index in [1.54, 1.807) is 0 Å². The highest BCUT2D eigenvalue weighted by molar-refractivity contribution is 5.97. The fourth-order valence-electron chi connectivity index (χ4n) is 1.19. The van der Waals surface area contributed by atoms with E-state index in [2.05, 4.69) is 0 Å². The number of nitrogens with two attached hydrogens (primary N) is 2. The number of hydrogen-bond donors (Lipinski definition) is 3. The number of anilines is 1. The molecule has 18 heavy (non-hydrogen) atoms. The Balaban J connectivity index is 2.85. The zero-order chi connectivity index (χ0) is 13.9. The van der Waals surface area contributed by atoms with E-state index in [9.17, 15) is 22.8 Å². The van der Waals surface area contributed by atoms with Gasteiger partial charge in [0, 0.05) is 12.1 Å². The van der Waals surface area contributed by atoms with Gasteiger partial charge in [0.05, 0.1) is 12.5 Å². The Morgan fingerprint density at radius 1 is 1.22 bits per heavy atom. The molecular formula is C10H10F3N3O2. The van der Waals surface area contributed by atoms with Crippen molar-refractivity contribution < 1.29 is 22.8 Å². The smallest absolute Gasteiger partial charge is 0.241 e. The second-order valence-electron chi connectivity index (χ2n) is 3.51. The van der Waals surface area contributed by atoms with Gasteiger partial charge in [-0.2, -0.15) is 0 Å². The fourth-order valence-corrected chi connectivity index (χ4v) is 1.19. The molecule has 1 atom stereocenters. The van der Waals surface area contributed by atoms with Gasteiger partial charge in [-0.25, -0.2) is 13.2 Å². The van der Waals surface area contributed by atoms with Gasteiger partial charge in [0.1, 0.15) is 11.5 Å². The number of carbonyl (C=O) groups is 2. The maximum Gasteiger partial charge on any atom is 0.241 e. The van der Waals surface area contributed by atoms with Crippen molar-refractivity contribution in [3.63, 3.8) is 0 Å². The van der Waals surface area contributed by atoms with E-state index in [1.807, 2.05) is 5.32 Å². The molecule has 8 heteroatoms. The van der Waals surface area contributed by atoms with Gasteiger partial charge < -0.3 is 16.8 Å². The van der Waals surface area contributed by atoms with Crippen molar-refractivity contribution in [2.75, 3.05) is 5.32 Å². The third kappa shape index (κ3) is 3.45. The highest BCUT2D eigenvalue weighted by Crippen LogP contribution is 2.20. The van der Waals surface area contributed by atoms with Crippen molar-refractivity contribution in [2.45, 2.75) is 12.5 Å². The van der Waals surface area contributed by atoms with Crippen LogP contribution in [-0.2, 0) is 9.59 Å². The molecule has 2 amide bonds. The van der Waals surface area contributed by atoms with Gasteiger partial charge in [0.25, 0.3) is 0 Å². The zero-order valence-electron chi connectivity index (χ0n) is 9.04. The summed E-state index contributed by atoms with van der Waals surface area (Å²) in [6, 6.07) is -0.539. The standard InChI is InChI=1S/C10H10F3N3O2/c11-4-1-5(12)9(6(13)2-4)16-10(18)7(14)3-8(15)17/h1-2,7H,3,14H2,(H2,15,17)(H,16,18). The van der Waals surface area contributed by atoms with E-state index >= 15 is 0 Å². The van der Waals surface area contributed by atoms with E-state index in [0.717, 1.165) is 0 Å². The highest BCUT2D eigenvalue weighted by atomic mass is 19.1. The van der Waals surface area contributed by atoms with E-state index in [0.29, 0.717) is 12.1 Å². The number of hydrogen-bond acceptors (Lipinski definition) is 3. The van der Waals surface area contributed by atoms with E-state index in [-0.39, 0.29) is 0 Å². The van der Waals surface area contributed by atoms with Crippen molar-refractivity contribution in [1.29, 1.82) is 0 Å². The Morgan fingerprint density at radius 3 is 2.17 bits per heavy atom. The summed E-state index contributed by atoms with van der Waals surface area (Å²) in [6.07, 6.45) is -0.476. The maximum atomic E-state index is 13.2. The molecule has 0 aliphatic heterocycles. The number of rotatable bonds is 4. The van der Waals surface area contributed by atoms with Crippen molar-refractivity contribution >= 4 is 17.5 Å². The van der Waals surface area contributed by atoms with Crippen LogP contribution in [0.5, 0.6) is 0 Å². The number of amides is 2. The van der Waals surface area contributed by atoms with Crippen LogP contribution in [0.2, 0.25) is 0 Å². The fraction of sp³-hybridized carbons (Fsp3) is 0.200. The molecule has 5 N–H and O–H groups in total. The summed E-state index contributed by atoms with van der Waals surface area (Å²) >= 11 is 0. The van der Waals surface area contributed by atoms with Gasteiger partial charge in [-0.05, 0) is 0 Å². The van der Waals surface area contributed by atoms with E-state index < -0.39 is 47.4 Å². The zero-order valence-corrected chi connectivity index (χ0v) is 9.04. The van der Waals surface area contributed by atoms with Crippen molar-refractivity contribution in [3.05, 3.63) is 29.6 Å². The van der Waals surface area contributed by atoms with Gasteiger partial charge in [0.15, 0.2) is 11.6 Å². The first-order valence-corrected chi connectivity index (χ1v) is 4.80. The Kier molecular flexibility index (Phi) is 4.27. The molecule has 0 bridgehead atoms. The lowest BCUT2D eigenvalue weighted by Crippen LogP contribution is -2.39. The predicted molar refractivity (Wildman–Crippen MR) is 56.7 cm³/mol. The predicted octanol–water partition coefficient (Wildman–Crippen LogP) is 0.245. The molecule has 0 aliphatic rings. The first-order chi connectivity index (χ1) is 8.31. The summed E-state index contributed by atoms with van der Waals surface area (Å²) in [5, 5.41) is 1.82. The van der Waals surface area contributed by atoms with Crippen molar-refractivity contribution in [1.82, 2.24) is 0 Å². The monoisotopic (exact) mass is 261 g/mol. The third-order valence-electron chi connectivity index (χ3n) is 2.01. The largest absolute Gasteiger partial charge is 0.370 e. The molecule has 0 aromatic heterocycles. The van der Waals surface area contributed by atoms with Crippen LogP contribution < -0.4 is 16.8 Å². The lowest BCUT2D eigenvalue weighted by molar-refractivity contribution is -0.123. The Labute approximate surface area is 99.9 Å². The van der Waals surface area contributed by atoms with Crippen LogP contribution >= 0.6 is 0 Å². The summed E-state index contributed by atoms with van der Waals surface area (Å²) in [7, 11) is 0. The number of halogens is 3. The molecule has 0 saturated carbocycles. The topological polar surface area (TPSA) is 98.2 Å². The van der Waals surface area contributed by atoms with Crippen LogP contribution in [0.25, 0.3) is 0 Å². The number of benzene rings is 1. The first kappa shape index (κ1) is 14.0. The Bertz CT molecular complexity index is 470. The van der Waals surface area contributed by atoms with Crippen LogP contribution in [-0.4, -0.2) is 17.9 Å². The molecule has 0 radical (unpaired) electrons. The van der Waals surface area contributed by atoms with E-state index in [1.165, 1.54) is 0 Å². The van der Waals surface area contributed by atoms with Gasteiger partial charge in [-0.3, -0.25) is 9.59 Å². The Morgan fingerprint density at radius 2 is 1.72 bits per heavy atom. The molecule has 98 valence electrons. The van der Waals surface area contributed by atoms with Crippen LogP contribution in [0, 0.1) is 17.5 Å². The third-order valence-corrected chi connectivity index (χ3v) is 2.01. The lowest BCUT2D eigenvalue weighted by Gasteiger charge is -2.11. The minimum Gasteiger partial charge on any atom is -0.370 e. The molecule has 1 rings (SSSR count). The second kappa shape index (κ2) is 5.50. The summed E-state index contributed by atoms with van der Waals surface area (Å²) in [5.41, 5.74) is 9.24. The van der Waals surface area contributed by atoms with Crippen LogP contribution in [0.4, 0.5) is 18.9 Å². The minimum absolute atomic E-state index is 0.401. The summed E-state index contributed by atoms with van der Waals surface area (Å²) in [4.78, 5) is 21.9. The number of nitrogens with one attached hydrogen (secondary N) is 1. The minimum atomic E-state index is -1.34. The molecule has 0 fully saturated rings. The average molecular weight is 261 g/mol. The van der Waals surface area contributed by atoms with Crippen molar-refractivity contribution in [3.8, 4) is 0 Å². The normalized spacial score (nSPS) is 12.0. The van der Waals surface area contributed by atoms with Crippen molar-refractivity contribution in [2.24, 2.45) is 11.5 Å². The Hall–Kier alpha value is -2.09. The highest BCUT2D eigenvalue weighted by Gasteiger charge is 2.20.